The average molecular weight is 737 g/mol. The van der Waals surface area contributed by atoms with E-state index in [2.05, 4.69) is 203 Å². The van der Waals surface area contributed by atoms with Crippen LogP contribution in [0.4, 0.5) is 0 Å². The van der Waals surface area contributed by atoms with Gasteiger partial charge in [0.2, 0.25) is 5.95 Å². The number of rotatable bonds is 3. The summed E-state index contributed by atoms with van der Waals surface area (Å²) in [6.07, 6.45) is 0. The summed E-state index contributed by atoms with van der Waals surface area (Å²) in [6, 6.07) is 70.2. The fourth-order valence-electron chi connectivity index (χ4n) is 9.73. The van der Waals surface area contributed by atoms with Crippen molar-refractivity contribution in [3.63, 3.8) is 0 Å². The van der Waals surface area contributed by atoms with Gasteiger partial charge >= 0.3 is 0 Å². The van der Waals surface area contributed by atoms with Crippen LogP contribution in [-0.4, -0.2) is 19.1 Å². The van der Waals surface area contributed by atoms with Crippen molar-refractivity contribution in [2.75, 3.05) is 0 Å². The predicted octanol–water partition coefficient (Wildman–Crippen LogP) is 14.1. The van der Waals surface area contributed by atoms with Crippen molar-refractivity contribution in [3.8, 4) is 22.9 Å². The molecule has 0 amide bonds. The zero-order valence-electron chi connectivity index (χ0n) is 31.3. The Kier molecular flexibility index (Phi) is 6.41. The second-order valence-corrected chi connectivity index (χ2v) is 15.3. The lowest BCUT2D eigenvalue weighted by atomic mass is 9.98. The monoisotopic (exact) mass is 736 g/mol. The quantitative estimate of drug-likeness (QED) is 0.169. The number of hydrogen-bond donors (Lipinski definition) is 0. The Labute approximate surface area is 332 Å². The molecule has 0 fully saturated rings. The van der Waals surface area contributed by atoms with Crippen LogP contribution in [0.1, 0.15) is 0 Å². The van der Waals surface area contributed by atoms with E-state index in [9.17, 15) is 0 Å². The van der Waals surface area contributed by atoms with Gasteiger partial charge in [-0.1, -0.05) is 158 Å². The first-order chi connectivity index (χ1) is 28.8. The minimum absolute atomic E-state index is 0.646. The van der Waals surface area contributed by atoms with Crippen LogP contribution in [0.15, 0.2) is 194 Å². The maximum absolute atomic E-state index is 5.55. The Morgan fingerprint density at radius 2 is 0.862 bits per heavy atom. The van der Waals surface area contributed by atoms with E-state index < -0.39 is 0 Å². The van der Waals surface area contributed by atoms with Crippen LogP contribution in [0.3, 0.4) is 0 Å². The first kappa shape index (κ1) is 31.4. The van der Waals surface area contributed by atoms with Gasteiger partial charge in [0.25, 0.3) is 0 Å². The maximum atomic E-state index is 5.55. The van der Waals surface area contributed by atoms with Gasteiger partial charge in [0.15, 0.2) is 0 Å². The summed E-state index contributed by atoms with van der Waals surface area (Å²) in [5, 5.41) is 15.6. The van der Waals surface area contributed by atoms with E-state index in [1.165, 1.54) is 64.9 Å². The zero-order valence-corrected chi connectivity index (χ0v) is 31.3. The van der Waals surface area contributed by atoms with Gasteiger partial charge in [-0.15, -0.1) is 0 Å². The average Bonchev–Trinajstić information content (AvgIpc) is 3.80. The number of aromatic nitrogens is 4. The first-order valence-electron chi connectivity index (χ1n) is 19.8. The van der Waals surface area contributed by atoms with Crippen molar-refractivity contribution < 1.29 is 0 Å². The number of para-hydroxylation sites is 3. The minimum Gasteiger partial charge on any atom is -0.308 e. The molecule has 10 aromatic carbocycles. The van der Waals surface area contributed by atoms with E-state index in [-0.39, 0.29) is 0 Å². The third-order valence-electron chi connectivity index (χ3n) is 12.3. The van der Waals surface area contributed by atoms with Gasteiger partial charge in [0.1, 0.15) is 0 Å². The van der Waals surface area contributed by atoms with Crippen LogP contribution in [0.5, 0.6) is 0 Å². The summed E-state index contributed by atoms with van der Waals surface area (Å²) in [4.78, 5) is 10.9. The van der Waals surface area contributed by atoms with Gasteiger partial charge in [0.05, 0.1) is 39.0 Å². The Bertz CT molecular complexity index is 3870. The van der Waals surface area contributed by atoms with E-state index in [0.29, 0.717) is 5.95 Å². The molecule has 0 unspecified atom stereocenters. The third-order valence-corrected chi connectivity index (χ3v) is 12.3. The van der Waals surface area contributed by atoms with Gasteiger partial charge in [0, 0.05) is 37.9 Å². The smallest absolute Gasteiger partial charge is 0.235 e. The van der Waals surface area contributed by atoms with Crippen molar-refractivity contribution in [2.45, 2.75) is 0 Å². The number of fused-ring (bicyclic) bond motifs is 13. The molecule has 0 aliphatic rings. The number of benzene rings is 10. The molecule has 4 heteroatoms. The largest absolute Gasteiger partial charge is 0.308 e. The second kappa shape index (κ2) is 11.8. The molecule has 13 rings (SSSR count). The Morgan fingerprint density at radius 1 is 0.310 bits per heavy atom. The van der Waals surface area contributed by atoms with Gasteiger partial charge in [-0.2, -0.15) is 0 Å². The fourth-order valence-corrected chi connectivity index (χ4v) is 9.73. The molecule has 0 aliphatic carbocycles. The van der Waals surface area contributed by atoms with Crippen molar-refractivity contribution >= 4 is 97.6 Å². The molecular weight excluding hydrogens is 705 g/mol. The molecule has 0 radical (unpaired) electrons. The summed E-state index contributed by atoms with van der Waals surface area (Å²) in [5.74, 6) is 0.646. The van der Waals surface area contributed by atoms with Crippen LogP contribution in [0, 0.1) is 0 Å². The summed E-state index contributed by atoms with van der Waals surface area (Å²) in [5.41, 5.74) is 8.52. The SMILES string of the molecule is c1ccc2c(-n3c4ccccc4c4c5ccccc5ccc43)c3c4ccccc4n(-c4nc(-c5ccc6ccc7ccccc7c6c5)c5ccccc5n4)c3cc2c1. The molecule has 0 spiro atoms. The molecule has 13 aromatic rings. The minimum atomic E-state index is 0.646. The Hall–Kier alpha value is -7.82. The summed E-state index contributed by atoms with van der Waals surface area (Å²) in [6.45, 7) is 0. The Balaban J connectivity index is 1.16. The molecule has 4 nitrogen and oxygen atoms in total. The van der Waals surface area contributed by atoms with Gasteiger partial charge in [-0.25, -0.2) is 9.97 Å². The predicted molar refractivity (Wildman–Crippen MR) is 244 cm³/mol. The lowest BCUT2D eigenvalue weighted by Gasteiger charge is -2.16. The topological polar surface area (TPSA) is 35.6 Å². The van der Waals surface area contributed by atoms with Crippen molar-refractivity contribution in [2.24, 2.45) is 0 Å². The highest BCUT2D eigenvalue weighted by Crippen LogP contribution is 2.45. The molecule has 0 aliphatic heterocycles. The highest BCUT2D eigenvalue weighted by Gasteiger charge is 2.24. The Morgan fingerprint density at radius 3 is 1.66 bits per heavy atom. The van der Waals surface area contributed by atoms with Crippen LogP contribution in [0.25, 0.3) is 120 Å². The van der Waals surface area contributed by atoms with E-state index in [1.807, 2.05) is 0 Å². The molecule has 0 saturated heterocycles. The van der Waals surface area contributed by atoms with Crippen LogP contribution in [-0.2, 0) is 0 Å². The molecule has 3 aromatic heterocycles. The highest BCUT2D eigenvalue weighted by atomic mass is 15.2. The molecule has 0 saturated carbocycles. The first-order valence-corrected chi connectivity index (χ1v) is 19.8. The summed E-state index contributed by atoms with van der Waals surface area (Å²) in [7, 11) is 0. The van der Waals surface area contributed by atoms with Gasteiger partial charge in [-0.05, 0) is 74.1 Å². The van der Waals surface area contributed by atoms with Crippen molar-refractivity contribution in [1.29, 1.82) is 0 Å². The second-order valence-electron chi connectivity index (χ2n) is 15.3. The van der Waals surface area contributed by atoms with Crippen LogP contribution < -0.4 is 0 Å². The van der Waals surface area contributed by atoms with Crippen LogP contribution >= 0.6 is 0 Å². The van der Waals surface area contributed by atoms with Crippen molar-refractivity contribution in [3.05, 3.63) is 194 Å². The zero-order chi connectivity index (χ0) is 37.9. The fraction of sp³-hybridized carbons (Fsp3) is 0. The molecular formula is C54H32N4. The maximum Gasteiger partial charge on any atom is 0.235 e. The molecule has 268 valence electrons. The summed E-state index contributed by atoms with van der Waals surface area (Å²) < 4.78 is 4.79. The summed E-state index contributed by atoms with van der Waals surface area (Å²) >= 11 is 0. The lowest BCUT2D eigenvalue weighted by Crippen LogP contribution is -2.04. The van der Waals surface area contributed by atoms with Crippen LogP contribution in [0.2, 0.25) is 0 Å². The number of nitrogens with zero attached hydrogens (tertiary/aromatic N) is 4. The normalized spacial score (nSPS) is 12.1. The molecule has 3 heterocycles. The lowest BCUT2D eigenvalue weighted by molar-refractivity contribution is 1.01. The highest BCUT2D eigenvalue weighted by molar-refractivity contribution is 6.25. The molecule has 0 bridgehead atoms. The van der Waals surface area contributed by atoms with E-state index in [0.717, 1.165) is 49.7 Å². The van der Waals surface area contributed by atoms with E-state index in [4.69, 9.17) is 9.97 Å². The van der Waals surface area contributed by atoms with Gasteiger partial charge in [-0.3, -0.25) is 4.57 Å². The van der Waals surface area contributed by atoms with Gasteiger partial charge < -0.3 is 4.57 Å². The number of hydrogen-bond acceptors (Lipinski definition) is 2. The molecule has 58 heavy (non-hydrogen) atoms. The van der Waals surface area contributed by atoms with Crippen molar-refractivity contribution in [1.82, 2.24) is 19.1 Å². The van der Waals surface area contributed by atoms with E-state index in [1.54, 1.807) is 0 Å². The van der Waals surface area contributed by atoms with E-state index >= 15 is 0 Å². The molecule has 0 atom stereocenters. The standard InChI is InChI=1S/C54H32N4/c1-4-16-38-33(13-1)25-26-35-27-28-37(31-44(35)38)52-41-19-7-10-22-45(41)55-54(56-52)58-47-24-12-9-21-43(47)51-49(58)32-36-15-3-6-18-40(36)53(51)57-46-23-11-8-20-42(46)50-39-17-5-2-14-34(39)29-30-48(50)57/h1-32H. The molecule has 0 N–H and O–H groups in total. The third kappa shape index (κ3) is 4.34.